The first kappa shape index (κ1) is 16.1. The fourth-order valence-corrected chi connectivity index (χ4v) is 1.64. The predicted molar refractivity (Wildman–Crippen MR) is 74.6 cm³/mol. The largest absolute Gasteiger partial charge is 0.493 e. The van der Waals surface area contributed by atoms with Crippen LogP contribution in [0.25, 0.3) is 0 Å². The average Bonchev–Trinajstić information content (AvgIpc) is 2.46. The monoisotopic (exact) mass is 284 g/mol. The van der Waals surface area contributed by atoms with Crippen molar-refractivity contribution in [1.82, 2.24) is 0 Å². The molecule has 0 fully saturated rings. The van der Waals surface area contributed by atoms with Crippen molar-refractivity contribution in [3.05, 3.63) is 12.1 Å². The van der Waals surface area contributed by atoms with E-state index in [1.54, 1.807) is 12.1 Å². The van der Waals surface area contributed by atoms with Crippen LogP contribution in [-0.4, -0.2) is 47.0 Å². The van der Waals surface area contributed by atoms with E-state index in [1.807, 2.05) is 0 Å². The number of ether oxygens (including phenoxy) is 4. The molecule has 0 aliphatic heterocycles. The molecule has 0 aliphatic carbocycles. The second-order valence-electron chi connectivity index (χ2n) is 3.97. The highest BCUT2D eigenvalue weighted by Crippen LogP contribution is 2.39. The molecule has 0 aromatic heterocycles. The van der Waals surface area contributed by atoms with Gasteiger partial charge in [-0.25, -0.2) is 0 Å². The van der Waals surface area contributed by atoms with Gasteiger partial charge < -0.3 is 30.0 Å². The van der Waals surface area contributed by atoms with Crippen LogP contribution in [0, 0.1) is 0 Å². The molecular weight excluding hydrogens is 264 g/mol. The summed E-state index contributed by atoms with van der Waals surface area (Å²) in [5.41, 5.74) is 6.14. The van der Waals surface area contributed by atoms with Crippen LogP contribution < -0.4 is 25.3 Å². The van der Waals surface area contributed by atoms with Crippen molar-refractivity contribution in [2.75, 3.05) is 40.4 Å². The number of benzene rings is 1. The predicted octanol–water partition coefficient (Wildman–Crippen LogP) is 0.625. The normalized spacial score (nSPS) is 11.7. The quantitative estimate of drug-likeness (QED) is 0.763. The van der Waals surface area contributed by atoms with E-state index in [1.165, 1.54) is 28.4 Å². The summed E-state index contributed by atoms with van der Waals surface area (Å²) >= 11 is 0. The Morgan fingerprint density at radius 3 is 2.10 bits per heavy atom. The number of methoxy groups -OCH3 is 4. The van der Waals surface area contributed by atoms with Crippen LogP contribution in [0.15, 0.2) is 12.1 Å². The Labute approximate surface area is 117 Å². The number of nitrogens with two attached hydrogens (primary N) is 1. The molecule has 112 valence electrons. The van der Waals surface area contributed by atoms with E-state index in [4.69, 9.17) is 24.7 Å². The molecule has 1 aromatic rings. The fraction of sp³-hybridized carbons (Fsp3) is 0.462. The summed E-state index contributed by atoms with van der Waals surface area (Å²) in [6, 6.07) is 2.50. The molecule has 1 amide bonds. The second kappa shape index (κ2) is 7.56. The van der Waals surface area contributed by atoms with Crippen LogP contribution in [0.3, 0.4) is 0 Å². The smallest absolute Gasteiger partial charge is 0.243 e. The van der Waals surface area contributed by atoms with Gasteiger partial charge in [0.1, 0.15) is 6.04 Å². The summed E-state index contributed by atoms with van der Waals surface area (Å²) in [5, 5.41) is 2.67. The lowest BCUT2D eigenvalue weighted by Gasteiger charge is -2.16. The van der Waals surface area contributed by atoms with Gasteiger partial charge in [-0.3, -0.25) is 4.79 Å². The maximum atomic E-state index is 11.8. The molecule has 1 aromatic carbocycles. The van der Waals surface area contributed by atoms with Gasteiger partial charge in [0.2, 0.25) is 11.7 Å². The minimum Gasteiger partial charge on any atom is -0.493 e. The molecule has 0 bridgehead atoms. The van der Waals surface area contributed by atoms with E-state index >= 15 is 0 Å². The highest BCUT2D eigenvalue weighted by Gasteiger charge is 2.17. The van der Waals surface area contributed by atoms with E-state index in [9.17, 15) is 4.79 Å². The Bertz CT molecular complexity index is 439. The Morgan fingerprint density at radius 1 is 1.15 bits per heavy atom. The number of anilines is 1. The van der Waals surface area contributed by atoms with E-state index in [0.717, 1.165) is 0 Å². The van der Waals surface area contributed by atoms with Crippen molar-refractivity contribution < 1.29 is 23.7 Å². The highest BCUT2D eigenvalue weighted by molar-refractivity contribution is 5.95. The van der Waals surface area contributed by atoms with E-state index in [2.05, 4.69) is 5.32 Å². The van der Waals surface area contributed by atoms with Gasteiger partial charge in [-0.2, -0.15) is 0 Å². The fourth-order valence-electron chi connectivity index (χ4n) is 1.64. The molecule has 1 unspecified atom stereocenters. The Morgan fingerprint density at radius 2 is 1.70 bits per heavy atom. The number of hydrogen-bond donors (Lipinski definition) is 2. The molecule has 0 saturated heterocycles. The van der Waals surface area contributed by atoms with Gasteiger partial charge in [-0.05, 0) is 0 Å². The number of hydrogen-bond acceptors (Lipinski definition) is 6. The maximum Gasteiger partial charge on any atom is 0.243 e. The van der Waals surface area contributed by atoms with Crippen LogP contribution in [0.4, 0.5) is 5.69 Å². The number of carbonyl (C=O) groups is 1. The molecule has 3 N–H and O–H groups in total. The molecule has 0 saturated carbocycles. The Kier molecular flexibility index (Phi) is 6.08. The van der Waals surface area contributed by atoms with Gasteiger partial charge >= 0.3 is 0 Å². The first-order chi connectivity index (χ1) is 9.57. The van der Waals surface area contributed by atoms with Gasteiger partial charge in [0.25, 0.3) is 0 Å². The van der Waals surface area contributed by atoms with Gasteiger partial charge in [-0.15, -0.1) is 0 Å². The third kappa shape index (κ3) is 3.75. The first-order valence-corrected chi connectivity index (χ1v) is 5.92. The average molecular weight is 284 g/mol. The molecule has 0 aliphatic rings. The topological polar surface area (TPSA) is 92.0 Å². The number of nitrogens with one attached hydrogen (secondary N) is 1. The Hall–Kier alpha value is -1.99. The summed E-state index contributed by atoms with van der Waals surface area (Å²) in [6.07, 6.45) is 0. The van der Waals surface area contributed by atoms with E-state index in [-0.39, 0.29) is 12.5 Å². The minimum absolute atomic E-state index is 0.135. The van der Waals surface area contributed by atoms with E-state index < -0.39 is 6.04 Å². The van der Waals surface area contributed by atoms with Gasteiger partial charge in [-0.1, -0.05) is 0 Å². The van der Waals surface area contributed by atoms with Gasteiger partial charge in [0, 0.05) is 24.9 Å². The summed E-state index contributed by atoms with van der Waals surface area (Å²) < 4.78 is 20.4. The highest BCUT2D eigenvalue weighted by atomic mass is 16.5. The summed E-state index contributed by atoms with van der Waals surface area (Å²) in [6.45, 7) is 0.135. The van der Waals surface area contributed by atoms with Crippen LogP contribution in [-0.2, 0) is 9.53 Å². The van der Waals surface area contributed by atoms with Gasteiger partial charge in [0.15, 0.2) is 11.5 Å². The first-order valence-electron chi connectivity index (χ1n) is 5.92. The van der Waals surface area contributed by atoms with Gasteiger partial charge in [0.05, 0.1) is 27.9 Å². The molecular formula is C13H20N2O5. The second-order valence-corrected chi connectivity index (χ2v) is 3.97. The molecule has 1 rings (SSSR count). The third-order valence-electron chi connectivity index (χ3n) is 2.62. The van der Waals surface area contributed by atoms with Crippen LogP contribution in [0.1, 0.15) is 0 Å². The Balaban J connectivity index is 2.99. The molecule has 7 heteroatoms. The number of carbonyl (C=O) groups excluding carboxylic acids is 1. The summed E-state index contributed by atoms with van der Waals surface area (Å²) in [4.78, 5) is 11.8. The van der Waals surface area contributed by atoms with Crippen LogP contribution >= 0.6 is 0 Å². The van der Waals surface area contributed by atoms with Crippen LogP contribution in [0.5, 0.6) is 17.2 Å². The SMILES string of the molecule is COCC(N)C(=O)Nc1cc(OC)c(OC)c(OC)c1. The molecule has 1 atom stereocenters. The standard InChI is InChI=1S/C13H20N2O5/c1-17-7-9(14)13(16)15-8-5-10(18-2)12(20-4)11(6-8)19-3/h5-6,9H,7,14H2,1-4H3,(H,15,16). The number of amides is 1. The van der Waals surface area contributed by atoms with Crippen molar-refractivity contribution in [3.8, 4) is 17.2 Å². The van der Waals surface area contributed by atoms with Crippen molar-refractivity contribution in [2.45, 2.75) is 6.04 Å². The molecule has 20 heavy (non-hydrogen) atoms. The van der Waals surface area contributed by atoms with Crippen molar-refractivity contribution in [2.24, 2.45) is 5.73 Å². The number of rotatable bonds is 7. The molecule has 0 heterocycles. The lowest BCUT2D eigenvalue weighted by molar-refractivity contribution is -0.118. The maximum absolute atomic E-state index is 11.8. The summed E-state index contributed by atoms with van der Waals surface area (Å²) in [7, 11) is 5.98. The lowest BCUT2D eigenvalue weighted by Crippen LogP contribution is -2.39. The molecule has 0 spiro atoms. The zero-order chi connectivity index (χ0) is 15.1. The zero-order valence-corrected chi connectivity index (χ0v) is 12.1. The van der Waals surface area contributed by atoms with E-state index in [0.29, 0.717) is 22.9 Å². The minimum atomic E-state index is -0.751. The van der Waals surface area contributed by atoms with Crippen molar-refractivity contribution >= 4 is 11.6 Å². The van der Waals surface area contributed by atoms with Crippen LogP contribution in [0.2, 0.25) is 0 Å². The van der Waals surface area contributed by atoms with Crippen molar-refractivity contribution in [3.63, 3.8) is 0 Å². The molecule has 7 nitrogen and oxygen atoms in total. The zero-order valence-electron chi connectivity index (χ0n) is 12.1. The lowest BCUT2D eigenvalue weighted by atomic mass is 10.2. The van der Waals surface area contributed by atoms with Crippen molar-refractivity contribution in [1.29, 1.82) is 0 Å². The molecule has 0 radical (unpaired) electrons. The summed E-state index contributed by atoms with van der Waals surface area (Å²) in [5.74, 6) is 0.986. The third-order valence-corrected chi connectivity index (χ3v) is 2.62.